The van der Waals surface area contributed by atoms with Crippen LogP contribution in [0.15, 0.2) is 79.4 Å². The molecular weight excluding hydrogens is 575 g/mol. The van der Waals surface area contributed by atoms with Gasteiger partial charge < -0.3 is 33.5 Å². The summed E-state index contributed by atoms with van der Waals surface area (Å²) in [6.45, 7) is 1.97. The van der Waals surface area contributed by atoms with E-state index in [1.165, 1.54) is 12.7 Å². The molecule has 2 aliphatic heterocycles. The first kappa shape index (κ1) is 29.1. The van der Waals surface area contributed by atoms with Crippen LogP contribution in [0.25, 0.3) is 17.2 Å². The maximum absolute atomic E-state index is 12.8. The summed E-state index contributed by atoms with van der Waals surface area (Å²) in [4.78, 5) is 37.9. The van der Waals surface area contributed by atoms with Crippen molar-refractivity contribution in [3.63, 3.8) is 0 Å². The van der Waals surface area contributed by atoms with Gasteiger partial charge in [-0.1, -0.05) is 66.7 Å². The summed E-state index contributed by atoms with van der Waals surface area (Å²) in [6, 6.07) is 18.1. The Balaban J connectivity index is 1.24. The van der Waals surface area contributed by atoms with Crippen LogP contribution in [-0.2, 0) is 29.5 Å². The summed E-state index contributed by atoms with van der Waals surface area (Å²) in [5, 5.41) is 5.32. The van der Waals surface area contributed by atoms with E-state index in [9.17, 15) is 14.3 Å². The number of carbonyl (C=O) groups excluding carboxylic acids is 1. The van der Waals surface area contributed by atoms with Crippen molar-refractivity contribution in [1.82, 2.24) is 24.8 Å². The number of fused-ring (bicyclic) bond motifs is 2. The lowest BCUT2D eigenvalue weighted by atomic mass is 10.1. The molecule has 4 heterocycles. The number of urea groups is 1. The molecule has 2 unspecified atom stereocenters. The van der Waals surface area contributed by atoms with E-state index in [1.54, 1.807) is 41.8 Å². The highest BCUT2D eigenvalue weighted by Gasteiger charge is 2.53. The Morgan fingerprint density at radius 2 is 1.79 bits per heavy atom. The van der Waals surface area contributed by atoms with Gasteiger partial charge in [0.15, 0.2) is 29.5 Å². The smallest absolute Gasteiger partial charge is 0.320 e. The van der Waals surface area contributed by atoms with Gasteiger partial charge in [-0.15, -0.1) is 0 Å². The van der Waals surface area contributed by atoms with E-state index in [0.717, 1.165) is 5.56 Å². The summed E-state index contributed by atoms with van der Waals surface area (Å²) in [6.07, 6.45) is 2.67. The average molecular weight is 606 g/mol. The third-order valence-corrected chi connectivity index (χ3v) is 8.27. The van der Waals surface area contributed by atoms with E-state index >= 15 is 0 Å². The Kier molecular flexibility index (Phi) is 8.61. The van der Waals surface area contributed by atoms with Crippen molar-refractivity contribution in [1.29, 1.82) is 0 Å². The lowest BCUT2D eigenvalue weighted by Gasteiger charge is -2.26. The molecular formula is C29H30N6O7P-. The molecule has 6 rings (SSSR count). The second kappa shape index (κ2) is 12.7. The SMILES string of the molecule is CCNC(=O)Nc1ncnc2c1ncn2[C@@H]1O[C@H](COP(=O)([O-])Cc2ccccc2)C2O[C@H](/C=C/c3ccccc3)O[C@@H]21. The number of ether oxygens (including phenoxy) is 3. The van der Waals surface area contributed by atoms with Crippen molar-refractivity contribution in [2.24, 2.45) is 0 Å². The molecule has 0 spiro atoms. The fraction of sp³-hybridized carbons (Fsp3) is 0.310. The Labute approximate surface area is 247 Å². The van der Waals surface area contributed by atoms with Crippen molar-refractivity contribution in [2.45, 2.75) is 43.9 Å². The highest BCUT2D eigenvalue weighted by atomic mass is 31.2. The maximum atomic E-state index is 12.8. The number of hydrogen-bond acceptors (Lipinski definition) is 10. The number of nitrogens with one attached hydrogen (secondary N) is 2. The molecule has 2 aliphatic rings. The Hall–Kier alpha value is -3.97. The minimum absolute atomic E-state index is 0.226. The summed E-state index contributed by atoms with van der Waals surface area (Å²) in [5.41, 5.74) is 2.33. The molecule has 2 saturated heterocycles. The van der Waals surface area contributed by atoms with Gasteiger partial charge in [-0.05, 0) is 24.1 Å². The first-order chi connectivity index (χ1) is 20.9. The van der Waals surface area contributed by atoms with Gasteiger partial charge in [-0.3, -0.25) is 9.88 Å². The third kappa shape index (κ3) is 6.67. The summed E-state index contributed by atoms with van der Waals surface area (Å²) < 4.78 is 38.7. The molecule has 2 aromatic heterocycles. The zero-order valence-electron chi connectivity index (χ0n) is 23.2. The van der Waals surface area contributed by atoms with Crippen LogP contribution in [0.5, 0.6) is 0 Å². The zero-order valence-corrected chi connectivity index (χ0v) is 24.1. The molecule has 0 radical (unpaired) electrons. The van der Waals surface area contributed by atoms with E-state index in [1.807, 2.05) is 42.5 Å². The minimum Gasteiger partial charge on any atom is -0.778 e. The van der Waals surface area contributed by atoms with E-state index in [0.29, 0.717) is 23.3 Å². The standard InChI is InChI=1S/C29H31N6O7P/c1-2-30-29(36)34-26-23-27(32-17-31-26)35(18-33-23)28-25-24(41-22(42-25)14-13-19-9-5-3-6-10-19)21(40-28)15-39-43(37,38)16-20-11-7-4-8-12-20/h3-14,17-18,21-22,24-25,28H,2,15-16H2,1H3,(H,37,38)(H2,30,31,32,34,36)/p-1/b14-13+/t21-,22+,24?,25+,28-/m1/s1. The highest BCUT2D eigenvalue weighted by molar-refractivity contribution is 7.50. The molecule has 0 saturated carbocycles. The predicted octanol–water partition coefficient (Wildman–Crippen LogP) is 3.46. The van der Waals surface area contributed by atoms with E-state index in [2.05, 4.69) is 25.6 Å². The molecule has 2 aromatic carbocycles. The van der Waals surface area contributed by atoms with Crippen molar-refractivity contribution in [3.05, 3.63) is 90.5 Å². The topological polar surface area (TPSA) is 162 Å². The molecule has 6 atom stereocenters. The minimum atomic E-state index is -4.24. The van der Waals surface area contributed by atoms with E-state index in [4.69, 9.17) is 18.7 Å². The molecule has 224 valence electrons. The second-order valence-electron chi connectivity index (χ2n) is 9.99. The normalized spacial score (nSPS) is 24.7. The summed E-state index contributed by atoms with van der Waals surface area (Å²) in [7, 11) is -4.24. The van der Waals surface area contributed by atoms with Gasteiger partial charge in [0.1, 0.15) is 32.2 Å². The Morgan fingerprint density at radius 3 is 2.56 bits per heavy atom. The van der Waals surface area contributed by atoms with Crippen LogP contribution in [0.2, 0.25) is 0 Å². The average Bonchev–Trinajstić information content (AvgIpc) is 3.70. The zero-order chi connectivity index (χ0) is 29.8. The predicted molar refractivity (Wildman–Crippen MR) is 155 cm³/mol. The molecule has 2 fully saturated rings. The van der Waals surface area contributed by atoms with Gasteiger partial charge in [0, 0.05) is 12.7 Å². The van der Waals surface area contributed by atoms with Gasteiger partial charge in [0.25, 0.3) is 0 Å². The number of carbonyl (C=O) groups is 1. The number of benzene rings is 2. The molecule has 43 heavy (non-hydrogen) atoms. The number of aromatic nitrogens is 4. The number of imidazole rings is 1. The van der Waals surface area contributed by atoms with Gasteiger partial charge in [-0.2, -0.15) is 0 Å². The fourth-order valence-electron chi connectivity index (χ4n) is 5.04. The fourth-order valence-corrected chi connectivity index (χ4v) is 6.17. The Morgan fingerprint density at radius 1 is 1.05 bits per heavy atom. The van der Waals surface area contributed by atoms with Gasteiger partial charge in [-0.25, -0.2) is 19.7 Å². The van der Waals surface area contributed by atoms with Crippen LogP contribution >= 0.6 is 7.60 Å². The van der Waals surface area contributed by atoms with E-state index < -0.39 is 44.5 Å². The largest absolute Gasteiger partial charge is 0.778 e. The molecule has 0 aliphatic carbocycles. The molecule has 14 heteroatoms. The molecule has 2 N–H and O–H groups in total. The monoisotopic (exact) mass is 605 g/mol. The number of rotatable bonds is 10. The van der Waals surface area contributed by atoms with Gasteiger partial charge in [0.2, 0.25) is 0 Å². The summed E-state index contributed by atoms with van der Waals surface area (Å²) >= 11 is 0. The number of hydrogen-bond donors (Lipinski definition) is 2. The Bertz CT molecular complexity index is 1640. The van der Waals surface area contributed by atoms with Crippen LogP contribution in [-0.4, -0.2) is 63.3 Å². The number of nitrogens with zero attached hydrogens (tertiary/aromatic N) is 4. The quantitative estimate of drug-likeness (QED) is 0.256. The van der Waals surface area contributed by atoms with Gasteiger partial charge >= 0.3 is 6.03 Å². The van der Waals surface area contributed by atoms with Crippen molar-refractivity contribution < 1.29 is 33.0 Å². The maximum Gasteiger partial charge on any atom is 0.320 e. The van der Waals surface area contributed by atoms with Crippen LogP contribution in [0, 0.1) is 0 Å². The first-order valence-corrected chi connectivity index (χ1v) is 15.5. The number of amides is 2. The lowest BCUT2D eigenvalue weighted by molar-refractivity contribution is -0.204. The summed E-state index contributed by atoms with van der Waals surface area (Å²) in [5.74, 6) is 0.226. The second-order valence-corrected chi connectivity index (χ2v) is 11.8. The lowest BCUT2D eigenvalue weighted by Crippen LogP contribution is -2.32. The third-order valence-electron chi connectivity index (χ3n) is 6.97. The van der Waals surface area contributed by atoms with Crippen molar-refractivity contribution in [2.75, 3.05) is 18.5 Å². The molecule has 13 nitrogen and oxygen atoms in total. The molecule has 2 amide bonds. The van der Waals surface area contributed by atoms with Crippen LogP contribution in [0.3, 0.4) is 0 Å². The molecule has 4 aromatic rings. The van der Waals surface area contributed by atoms with Crippen molar-refractivity contribution >= 4 is 36.7 Å². The first-order valence-electron chi connectivity index (χ1n) is 13.8. The van der Waals surface area contributed by atoms with Crippen LogP contribution in [0.1, 0.15) is 24.3 Å². The van der Waals surface area contributed by atoms with Crippen LogP contribution in [0.4, 0.5) is 10.6 Å². The highest BCUT2D eigenvalue weighted by Crippen LogP contribution is 2.45. The van der Waals surface area contributed by atoms with E-state index in [-0.39, 0.29) is 18.6 Å². The number of anilines is 1. The van der Waals surface area contributed by atoms with Crippen LogP contribution < -0.4 is 15.5 Å². The molecule has 0 bridgehead atoms. The van der Waals surface area contributed by atoms with Gasteiger partial charge in [0.05, 0.1) is 12.9 Å². The van der Waals surface area contributed by atoms with Crippen molar-refractivity contribution in [3.8, 4) is 0 Å².